The van der Waals surface area contributed by atoms with Gasteiger partial charge < -0.3 is 15.2 Å². The van der Waals surface area contributed by atoms with Crippen LogP contribution in [0.1, 0.15) is 47.7 Å². The second kappa shape index (κ2) is 8.84. The van der Waals surface area contributed by atoms with E-state index in [1.165, 1.54) is 36.7 Å². The first-order valence-corrected chi connectivity index (χ1v) is 10.9. The Bertz CT molecular complexity index is 1250. The Balaban J connectivity index is 1.42. The number of aliphatic hydroxyl groups excluding tert-OH is 1. The van der Waals surface area contributed by atoms with Gasteiger partial charge in [0.1, 0.15) is 17.1 Å². The maximum absolute atomic E-state index is 14.2. The number of benzene rings is 1. The molecular formula is C24H23FN4O4. The van der Waals surface area contributed by atoms with Crippen molar-refractivity contribution >= 4 is 11.6 Å². The molecule has 2 N–H and O–H groups in total. The van der Waals surface area contributed by atoms with E-state index in [0.29, 0.717) is 17.7 Å². The molecular weight excluding hydrogens is 427 g/mol. The van der Waals surface area contributed by atoms with Crippen molar-refractivity contribution in [2.45, 2.75) is 44.0 Å². The molecule has 2 aromatic heterocycles. The van der Waals surface area contributed by atoms with Gasteiger partial charge in [-0.3, -0.25) is 14.6 Å². The number of hydrogen-bond acceptors (Lipinski definition) is 6. The van der Waals surface area contributed by atoms with Crippen LogP contribution in [0.4, 0.5) is 10.1 Å². The van der Waals surface area contributed by atoms with Gasteiger partial charge in [0.25, 0.3) is 11.5 Å². The van der Waals surface area contributed by atoms with Gasteiger partial charge in [-0.25, -0.2) is 4.39 Å². The lowest BCUT2D eigenvalue weighted by molar-refractivity contribution is -0.125. The van der Waals surface area contributed by atoms with Gasteiger partial charge in [-0.05, 0) is 37.1 Å². The van der Waals surface area contributed by atoms with Gasteiger partial charge in [-0.2, -0.15) is 9.78 Å². The molecule has 3 heterocycles. The highest BCUT2D eigenvalue weighted by Gasteiger charge is 2.41. The molecule has 0 radical (unpaired) electrons. The van der Waals surface area contributed by atoms with Crippen LogP contribution in [0.25, 0.3) is 5.69 Å². The van der Waals surface area contributed by atoms with Gasteiger partial charge in [0.15, 0.2) is 0 Å². The molecule has 170 valence electrons. The number of aliphatic hydroxyl groups is 1. The second-order valence-corrected chi connectivity index (χ2v) is 8.39. The first-order valence-electron chi connectivity index (χ1n) is 10.9. The largest absolute Gasteiger partial charge is 0.393 e. The molecule has 2 fully saturated rings. The zero-order valence-electron chi connectivity index (χ0n) is 17.7. The Morgan fingerprint density at radius 2 is 2.03 bits per heavy atom. The second-order valence-electron chi connectivity index (χ2n) is 8.39. The number of halogens is 1. The third-order valence-corrected chi connectivity index (χ3v) is 6.41. The van der Waals surface area contributed by atoms with Crippen LogP contribution in [-0.4, -0.2) is 38.0 Å². The third-order valence-electron chi connectivity index (χ3n) is 6.41. The lowest BCUT2D eigenvalue weighted by Crippen LogP contribution is -2.38. The Labute approximate surface area is 189 Å². The molecule has 9 heteroatoms. The van der Waals surface area contributed by atoms with Crippen molar-refractivity contribution in [1.29, 1.82) is 0 Å². The SMILES string of the molecule is O=C(Nc1cnccc1C1CC(O)C2CCCC2O1)c1ccnn(-c2ccccc2F)c1=O. The van der Waals surface area contributed by atoms with Crippen LogP contribution >= 0.6 is 0 Å². The van der Waals surface area contributed by atoms with E-state index in [1.54, 1.807) is 18.3 Å². The van der Waals surface area contributed by atoms with Gasteiger partial charge >= 0.3 is 0 Å². The van der Waals surface area contributed by atoms with E-state index in [-0.39, 0.29) is 23.3 Å². The third kappa shape index (κ3) is 4.05. The number of para-hydroxylation sites is 1. The van der Waals surface area contributed by atoms with E-state index < -0.39 is 29.5 Å². The highest BCUT2D eigenvalue weighted by atomic mass is 19.1. The molecule has 5 rings (SSSR count). The number of nitrogens with zero attached hydrogens (tertiary/aromatic N) is 3. The van der Waals surface area contributed by atoms with Crippen molar-refractivity contribution in [2.24, 2.45) is 5.92 Å². The van der Waals surface area contributed by atoms with Crippen molar-refractivity contribution in [2.75, 3.05) is 5.32 Å². The molecule has 1 saturated heterocycles. The predicted octanol–water partition coefficient (Wildman–Crippen LogP) is 3.01. The maximum Gasteiger partial charge on any atom is 0.284 e. The summed E-state index contributed by atoms with van der Waals surface area (Å²) in [5.74, 6) is -1.15. The summed E-state index contributed by atoms with van der Waals surface area (Å²) in [5.41, 5.74) is 0.0955. The summed E-state index contributed by atoms with van der Waals surface area (Å²) in [7, 11) is 0. The van der Waals surface area contributed by atoms with E-state index in [1.807, 2.05) is 0 Å². The molecule has 1 saturated carbocycles. The molecule has 4 atom stereocenters. The molecule has 1 amide bonds. The minimum atomic E-state index is -0.747. The number of carbonyl (C=O) groups is 1. The number of rotatable bonds is 4. The first-order chi connectivity index (χ1) is 16.0. The Kier molecular flexibility index (Phi) is 5.74. The molecule has 0 bridgehead atoms. The zero-order valence-corrected chi connectivity index (χ0v) is 17.7. The lowest BCUT2D eigenvalue weighted by atomic mass is 9.88. The number of ether oxygens (including phenoxy) is 1. The summed E-state index contributed by atoms with van der Waals surface area (Å²) in [6, 6.07) is 8.73. The average molecular weight is 450 g/mol. The summed E-state index contributed by atoms with van der Waals surface area (Å²) in [6.45, 7) is 0. The Morgan fingerprint density at radius 1 is 1.18 bits per heavy atom. The van der Waals surface area contributed by atoms with E-state index in [2.05, 4.69) is 15.4 Å². The van der Waals surface area contributed by atoms with Crippen LogP contribution in [-0.2, 0) is 4.74 Å². The van der Waals surface area contributed by atoms with Crippen molar-refractivity contribution in [3.8, 4) is 5.69 Å². The fraction of sp³-hybridized carbons (Fsp3) is 0.333. The summed E-state index contributed by atoms with van der Waals surface area (Å²) in [6.07, 6.45) is 6.77. The highest BCUT2D eigenvalue weighted by Crippen LogP contribution is 2.43. The van der Waals surface area contributed by atoms with Gasteiger partial charge in [0, 0.05) is 30.3 Å². The van der Waals surface area contributed by atoms with E-state index in [0.717, 1.165) is 23.9 Å². The molecule has 4 unspecified atom stereocenters. The molecule has 1 aliphatic heterocycles. The zero-order chi connectivity index (χ0) is 22.9. The number of carbonyl (C=O) groups excluding carboxylic acids is 1. The van der Waals surface area contributed by atoms with Gasteiger partial charge in [-0.15, -0.1) is 0 Å². The number of anilines is 1. The van der Waals surface area contributed by atoms with Gasteiger partial charge in [-0.1, -0.05) is 18.6 Å². The number of amides is 1. The predicted molar refractivity (Wildman–Crippen MR) is 118 cm³/mol. The van der Waals surface area contributed by atoms with Crippen molar-refractivity contribution in [3.05, 3.63) is 82.3 Å². The minimum absolute atomic E-state index is 0.0105. The van der Waals surface area contributed by atoms with Crippen LogP contribution in [0.5, 0.6) is 0 Å². The Hall–Kier alpha value is -3.43. The monoisotopic (exact) mass is 450 g/mol. The van der Waals surface area contributed by atoms with Crippen LogP contribution in [0, 0.1) is 11.7 Å². The first kappa shape index (κ1) is 21.4. The molecule has 2 aliphatic rings. The van der Waals surface area contributed by atoms with E-state index in [9.17, 15) is 19.1 Å². The van der Waals surface area contributed by atoms with E-state index >= 15 is 0 Å². The number of hydrogen-bond donors (Lipinski definition) is 2. The normalized spacial score (nSPS) is 24.3. The topological polar surface area (TPSA) is 106 Å². The fourth-order valence-electron chi connectivity index (χ4n) is 4.79. The standard InChI is InChI=1S/C24H23FN4O4/c25-17-5-1-2-6-19(17)29-24(32)16(9-11-27-29)23(31)28-18-13-26-10-8-14(18)22-12-20(30)15-4-3-7-21(15)33-22/h1-2,5-6,8-11,13,15,20-22,30H,3-4,7,12H2,(H,28,31). The van der Waals surface area contributed by atoms with E-state index in [4.69, 9.17) is 4.74 Å². The number of aromatic nitrogens is 3. The van der Waals surface area contributed by atoms with Crippen molar-refractivity contribution in [1.82, 2.24) is 14.8 Å². The average Bonchev–Trinajstić information content (AvgIpc) is 3.29. The molecule has 8 nitrogen and oxygen atoms in total. The quantitative estimate of drug-likeness (QED) is 0.633. The summed E-state index contributed by atoms with van der Waals surface area (Å²) in [5, 5.41) is 17.2. The molecule has 1 aromatic carbocycles. The Morgan fingerprint density at radius 3 is 2.88 bits per heavy atom. The highest BCUT2D eigenvalue weighted by molar-refractivity contribution is 6.04. The maximum atomic E-state index is 14.2. The summed E-state index contributed by atoms with van der Waals surface area (Å²) >= 11 is 0. The van der Waals surface area contributed by atoms with Crippen molar-refractivity contribution < 1.29 is 19.0 Å². The molecule has 1 aliphatic carbocycles. The van der Waals surface area contributed by atoms with Crippen molar-refractivity contribution in [3.63, 3.8) is 0 Å². The molecule has 3 aromatic rings. The smallest absolute Gasteiger partial charge is 0.284 e. The van der Waals surface area contributed by atoms with Gasteiger partial charge in [0.2, 0.25) is 0 Å². The van der Waals surface area contributed by atoms with Crippen LogP contribution in [0.15, 0.2) is 59.8 Å². The number of nitrogens with one attached hydrogen (secondary N) is 1. The minimum Gasteiger partial charge on any atom is -0.393 e. The summed E-state index contributed by atoms with van der Waals surface area (Å²) in [4.78, 5) is 30.0. The van der Waals surface area contributed by atoms with Crippen LogP contribution in [0.3, 0.4) is 0 Å². The molecule has 33 heavy (non-hydrogen) atoms. The number of pyridine rings is 1. The lowest BCUT2D eigenvalue weighted by Gasteiger charge is -2.37. The van der Waals surface area contributed by atoms with Crippen LogP contribution < -0.4 is 10.9 Å². The fourth-order valence-corrected chi connectivity index (χ4v) is 4.79. The van der Waals surface area contributed by atoms with Crippen LogP contribution in [0.2, 0.25) is 0 Å². The summed E-state index contributed by atoms with van der Waals surface area (Å²) < 4.78 is 21.3. The molecule has 0 spiro atoms. The number of fused-ring (bicyclic) bond motifs is 1. The van der Waals surface area contributed by atoms with Gasteiger partial charge in [0.05, 0.1) is 30.2 Å².